The van der Waals surface area contributed by atoms with Crippen molar-refractivity contribution in [1.29, 1.82) is 0 Å². The summed E-state index contributed by atoms with van der Waals surface area (Å²) in [6.07, 6.45) is 1.20. The maximum absolute atomic E-state index is 13.6. The first-order valence-electron chi connectivity index (χ1n) is 5.95. The maximum Gasteiger partial charge on any atom is 0.151 e. The molecule has 0 heterocycles. The Hall–Kier alpha value is -0.940. The monoisotopic (exact) mass is 273 g/mol. The first-order valence-corrected chi connectivity index (χ1v) is 7.91. The Bertz CT molecular complexity index is 514. The summed E-state index contributed by atoms with van der Waals surface area (Å²) in [6.45, 7) is 5.84. The van der Waals surface area contributed by atoms with Crippen molar-refractivity contribution < 1.29 is 12.8 Å². The Morgan fingerprint density at radius 2 is 2.00 bits per heavy atom. The summed E-state index contributed by atoms with van der Waals surface area (Å²) in [7, 11) is -3.18. The SMILES string of the molecule is CCNC(c1ccc(C)c(F)c1)C(C)S(C)(=O)=O. The molecule has 18 heavy (non-hydrogen) atoms. The van der Waals surface area contributed by atoms with Crippen LogP contribution >= 0.6 is 0 Å². The number of sulfone groups is 1. The maximum atomic E-state index is 13.6. The molecule has 3 nitrogen and oxygen atoms in total. The van der Waals surface area contributed by atoms with Gasteiger partial charge in [-0.25, -0.2) is 12.8 Å². The largest absolute Gasteiger partial charge is 0.309 e. The molecule has 0 aliphatic rings. The van der Waals surface area contributed by atoms with E-state index in [1.807, 2.05) is 6.92 Å². The molecule has 102 valence electrons. The van der Waals surface area contributed by atoms with Crippen molar-refractivity contribution in [1.82, 2.24) is 5.32 Å². The number of nitrogens with one attached hydrogen (secondary N) is 1. The lowest BCUT2D eigenvalue weighted by molar-refractivity contribution is 0.509. The van der Waals surface area contributed by atoms with Gasteiger partial charge in [-0.3, -0.25) is 0 Å². The van der Waals surface area contributed by atoms with Crippen molar-refractivity contribution in [2.24, 2.45) is 0 Å². The van der Waals surface area contributed by atoms with E-state index in [0.29, 0.717) is 17.7 Å². The molecule has 0 spiro atoms. The summed E-state index contributed by atoms with van der Waals surface area (Å²) in [5, 5.41) is 2.51. The summed E-state index contributed by atoms with van der Waals surface area (Å²) in [6, 6.07) is 4.46. The van der Waals surface area contributed by atoms with Crippen LogP contribution in [0.25, 0.3) is 0 Å². The number of hydrogen-bond acceptors (Lipinski definition) is 3. The Labute approximate surface area is 108 Å². The zero-order valence-corrected chi connectivity index (χ0v) is 12.0. The third-order valence-electron chi connectivity index (χ3n) is 3.12. The van der Waals surface area contributed by atoms with E-state index in [2.05, 4.69) is 5.32 Å². The first kappa shape index (κ1) is 15.1. The molecule has 5 heteroatoms. The van der Waals surface area contributed by atoms with Crippen LogP contribution in [0.4, 0.5) is 4.39 Å². The predicted octanol–water partition coefficient (Wildman–Crippen LogP) is 2.22. The Balaban J connectivity index is 3.15. The fraction of sp³-hybridized carbons (Fsp3) is 0.538. The Kier molecular flexibility index (Phi) is 4.87. The van der Waals surface area contributed by atoms with E-state index in [4.69, 9.17) is 0 Å². The van der Waals surface area contributed by atoms with Gasteiger partial charge in [0, 0.05) is 12.3 Å². The second-order valence-electron chi connectivity index (χ2n) is 4.58. The third kappa shape index (κ3) is 3.53. The highest BCUT2D eigenvalue weighted by Gasteiger charge is 2.27. The summed E-state index contributed by atoms with van der Waals surface area (Å²) in [4.78, 5) is 0. The number of aryl methyl sites for hydroxylation is 1. The Morgan fingerprint density at radius 3 is 2.44 bits per heavy atom. The molecule has 0 saturated carbocycles. The fourth-order valence-electron chi connectivity index (χ4n) is 1.82. The fourth-order valence-corrected chi connectivity index (χ4v) is 2.57. The summed E-state index contributed by atoms with van der Waals surface area (Å²) < 4.78 is 36.8. The van der Waals surface area contributed by atoms with Gasteiger partial charge >= 0.3 is 0 Å². The standard InChI is InChI=1S/C13H20FNO2S/c1-5-15-13(10(3)18(4,16)17)11-7-6-9(2)12(14)8-11/h6-8,10,13,15H,5H2,1-4H3. The van der Waals surface area contributed by atoms with Crippen LogP contribution in [0.1, 0.15) is 31.0 Å². The second-order valence-corrected chi connectivity index (χ2v) is 6.98. The number of benzene rings is 1. The van der Waals surface area contributed by atoms with Gasteiger partial charge in [-0.05, 0) is 37.6 Å². The van der Waals surface area contributed by atoms with Gasteiger partial charge in [0.25, 0.3) is 0 Å². The highest BCUT2D eigenvalue weighted by Crippen LogP contribution is 2.23. The molecule has 0 aliphatic carbocycles. The van der Waals surface area contributed by atoms with E-state index in [1.165, 1.54) is 12.3 Å². The van der Waals surface area contributed by atoms with E-state index in [0.717, 1.165) is 0 Å². The predicted molar refractivity (Wildman–Crippen MR) is 71.9 cm³/mol. The molecule has 0 aromatic heterocycles. The van der Waals surface area contributed by atoms with Gasteiger partial charge in [-0.2, -0.15) is 0 Å². The molecule has 1 N–H and O–H groups in total. The van der Waals surface area contributed by atoms with Crippen LogP contribution in [0.3, 0.4) is 0 Å². The quantitative estimate of drug-likeness (QED) is 0.894. The minimum absolute atomic E-state index is 0.309. The average Bonchev–Trinajstić information content (AvgIpc) is 2.28. The van der Waals surface area contributed by atoms with Gasteiger partial charge in [-0.1, -0.05) is 19.1 Å². The van der Waals surface area contributed by atoms with Crippen molar-refractivity contribution in [2.45, 2.75) is 32.1 Å². The molecule has 1 rings (SSSR count). The van der Waals surface area contributed by atoms with Gasteiger partial charge in [0.05, 0.1) is 5.25 Å². The highest BCUT2D eigenvalue weighted by atomic mass is 32.2. The minimum atomic E-state index is -3.18. The van der Waals surface area contributed by atoms with E-state index in [1.54, 1.807) is 26.0 Å². The average molecular weight is 273 g/mol. The molecule has 0 aliphatic heterocycles. The number of hydrogen-bond donors (Lipinski definition) is 1. The lowest BCUT2D eigenvalue weighted by atomic mass is 10.0. The van der Waals surface area contributed by atoms with Gasteiger partial charge in [-0.15, -0.1) is 0 Å². The summed E-state index contributed by atoms with van der Waals surface area (Å²) in [5.74, 6) is -0.309. The zero-order chi connectivity index (χ0) is 13.9. The topological polar surface area (TPSA) is 46.2 Å². The molecule has 1 aromatic carbocycles. The molecule has 2 unspecified atom stereocenters. The molecular weight excluding hydrogens is 253 g/mol. The van der Waals surface area contributed by atoms with E-state index in [9.17, 15) is 12.8 Å². The van der Waals surface area contributed by atoms with Gasteiger partial charge in [0.15, 0.2) is 9.84 Å². The highest BCUT2D eigenvalue weighted by molar-refractivity contribution is 7.91. The van der Waals surface area contributed by atoms with Crippen LogP contribution in [0.2, 0.25) is 0 Å². The number of halogens is 1. The zero-order valence-electron chi connectivity index (χ0n) is 11.2. The van der Waals surface area contributed by atoms with Crippen molar-refractivity contribution >= 4 is 9.84 Å². The molecule has 0 saturated heterocycles. The van der Waals surface area contributed by atoms with E-state index < -0.39 is 15.1 Å². The lowest BCUT2D eigenvalue weighted by Crippen LogP contribution is -2.35. The molecule has 0 amide bonds. The number of rotatable bonds is 5. The van der Waals surface area contributed by atoms with Crippen molar-refractivity contribution in [3.63, 3.8) is 0 Å². The van der Waals surface area contributed by atoms with Crippen LogP contribution in [0, 0.1) is 12.7 Å². The summed E-state index contributed by atoms with van der Waals surface area (Å²) >= 11 is 0. The molecular formula is C13H20FNO2S. The molecule has 0 fully saturated rings. The van der Waals surface area contributed by atoms with Crippen molar-refractivity contribution in [3.8, 4) is 0 Å². The van der Waals surface area contributed by atoms with Crippen LogP contribution in [-0.4, -0.2) is 26.5 Å². The smallest absolute Gasteiger partial charge is 0.151 e. The van der Waals surface area contributed by atoms with Crippen LogP contribution < -0.4 is 5.32 Å². The van der Waals surface area contributed by atoms with Gasteiger partial charge in [0.1, 0.15) is 5.82 Å². The lowest BCUT2D eigenvalue weighted by Gasteiger charge is -2.24. The van der Waals surface area contributed by atoms with Crippen LogP contribution in [0.15, 0.2) is 18.2 Å². The van der Waals surface area contributed by atoms with Crippen molar-refractivity contribution in [3.05, 3.63) is 35.1 Å². The molecule has 0 bridgehead atoms. The summed E-state index contributed by atoms with van der Waals surface area (Å²) in [5.41, 5.74) is 1.22. The molecule has 1 aromatic rings. The van der Waals surface area contributed by atoms with Gasteiger partial charge < -0.3 is 5.32 Å². The Morgan fingerprint density at radius 1 is 1.39 bits per heavy atom. The van der Waals surface area contributed by atoms with Crippen molar-refractivity contribution in [2.75, 3.05) is 12.8 Å². The third-order valence-corrected chi connectivity index (χ3v) is 4.75. The molecule has 2 atom stereocenters. The van der Waals surface area contributed by atoms with E-state index >= 15 is 0 Å². The van der Waals surface area contributed by atoms with Crippen LogP contribution in [-0.2, 0) is 9.84 Å². The minimum Gasteiger partial charge on any atom is -0.309 e. The first-order chi connectivity index (χ1) is 8.27. The van der Waals surface area contributed by atoms with Gasteiger partial charge in [0.2, 0.25) is 0 Å². The second kappa shape index (κ2) is 5.80. The normalized spacial score (nSPS) is 15.4. The molecule has 0 radical (unpaired) electrons. The van der Waals surface area contributed by atoms with E-state index in [-0.39, 0.29) is 11.9 Å². The van der Waals surface area contributed by atoms with Crippen LogP contribution in [0.5, 0.6) is 0 Å².